The van der Waals surface area contributed by atoms with Crippen LogP contribution in [0.25, 0.3) is 0 Å². The maximum atomic E-state index is 13.1. The van der Waals surface area contributed by atoms with Crippen molar-refractivity contribution in [2.75, 3.05) is 6.61 Å². The van der Waals surface area contributed by atoms with Crippen molar-refractivity contribution < 1.29 is 24.5 Å². The Hall–Kier alpha value is -3.48. The van der Waals surface area contributed by atoms with E-state index < -0.39 is 18.2 Å². The second kappa shape index (κ2) is 47.6. The molecule has 3 atom stereocenters. The third-order valence-electron chi connectivity index (χ3n) is 10.4. The minimum absolute atomic E-state index is 0.0174. The quantitative estimate of drug-likeness (QED) is 0.0246. The van der Waals surface area contributed by atoms with Gasteiger partial charge in [-0.15, -0.1) is 0 Å². The van der Waals surface area contributed by atoms with E-state index in [-0.39, 0.29) is 24.9 Å². The largest absolute Gasteiger partial charge is 0.461 e. The molecule has 0 aliphatic heterocycles. The third-order valence-corrected chi connectivity index (χ3v) is 10.4. The van der Waals surface area contributed by atoms with Crippen LogP contribution in [0, 0.1) is 0 Å². The van der Waals surface area contributed by atoms with E-state index in [0.29, 0.717) is 19.3 Å². The second-order valence-electron chi connectivity index (χ2n) is 16.2. The number of aliphatic hydroxyl groups is 2. The Morgan fingerprint density at radius 2 is 0.967 bits per heavy atom. The summed E-state index contributed by atoms with van der Waals surface area (Å²) in [6.45, 7) is 6.26. The molecule has 61 heavy (non-hydrogen) atoms. The first-order valence-electron chi connectivity index (χ1n) is 24.7. The number of amides is 1. The van der Waals surface area contributed by atoms with Crippen LogP contribution in [0.2, 0.25) is 0 Å². The van der Waals surface area contributed by atoms with Gasteiger partial charge in [0, 0.05) is 12.8 Å². The highest BCUT2D eigenvalue weighted by Crippen LogP contribution is 2.15. The van der Waals surface area contributed by atoms with Gasteiger partial charge >= 0.3 is 5.97 Å². The number of esters is 1. The molecule has 3 N–H and O–H groups in total. The van der Waals surface area contributed by atoms with Crippen molar-refractivity contribution in [3.05, 3.63) is 109 Å². The van der Waals surface area contributed by atoms with Gasteiger partial charge in [-0.3, -0.25) is 9.59 Å². The number of aliphatic hydroxyl groups excluding tert-OH is 2. The van der Waals surface area contributed by atoms with Crippen LogP contribution in [0.4, 0.5) is 0 Å². The molecular weight excluding hydrogens is 755 g/mol. The number of allylic oxidation sites excluding steroid dienone is 17. The zero-order valence-electron chi connectivity index (χ0n) is 39.2. The molecule has 0 bridgehead atoms. The number of hydrogen-bond acceptors (Lipinski definition) is 5. The van der Waals surface area contributed by atoms with Crippen LogP contribution in [0.3, 0.4) is 0 Å². The predicted molar refractivity (Wildman–Crippen MR) is 263 cm³/mol. The average Bonchev–Trinajstić information content (AvgIpc) is 3.25. The molecule has 0 aliphatic carbocycles. The molecule has 0 aromatic carbocycles. The van der Waals surface area contributed by atoms with Crippen molar-refractivity contribution in [2.24, 2.45) is 0 Å². The number of carbonyl (C=O) groups excluding carboxylic acids is 2. The number of ether oxygens (including phenoxy) is 1. The maximum absolute atomic E-state index is 13.1. The lowest BCUT2D eigenvalue weighted by atomic mass is 10.0. The monoisotopic (exact) mass is 846 g/mol. The summed E-state index contributed by atoms with van der Waals surface area (Å²) in [7, 11) is 0. The first-order chi connectivity index (χ1) is 30.0. The molecule has 6 heteroatoms. The molecule has 0 rings (SSSR count). The Labute approximate surface area is 375 Å². The second-order valence-corrected chi connectivity index (χ2v) is 16.2. The smallest absolute Gasteiger partial charge is 0.306 e. The molecular formula is C55H91NO5. The number of hydrogen-bond donors (Lipinski definition) is 3. The molecule has 6 nitrogen and oxygen atoms in total. The lowest BCUT2D eigenvalue weighted by Gasteiger charge is -2.24. The lowest BCUT2D eigenvalue weighted by molar-refractivity contribution is -0.150. The molecule has 3 unspecified atom stereocenters. The van der Waals surface area contributed by atoms with Crippen molar-refractivity contribution >= 4 is 11.9 Å². The summed E-state index contributed by atoms with van der Waals surface area (Å²) in [4.78, 5) is 26.0. The van der Waals surface area contributed by atoms with Gasteiger partial charge < -0.3 is 20.3 Å². The number of rotatable bonds is 42. The molecule has 0 fully saturated rings. The van der Waals surface area contributed by atoms with Gasteiger partial charge in [0.25, 0.3) is 0 Å². The Morgan fingerprint density at radius 3 is 1.51 bits per heavy atom. The first-order valence-corrected chi connectivity index (χ1v) is 24.7. The van der Waals surface area contributed by atoms with Gasteiger partial charge in [-0.05, 0) is 70.6 Å². The topological polar surface area (TPSA) is 95.9 Å². The highest BCUT2D eigenvalue weighted by molar-refractivity contribution is 5.77. The van der Waals surface area contributed by atoms with Crippen molar-refractivity contribution in [3.8, 4) is 0 Å². The van der Waals surface area contributed by atoms with Crippen molar-refractivity contribution in [1.82, 2.24) is 5.32 Å². The average molecular weight is 846 g/mol. The fraction of sp³-hybridized carbons (Fsp3) is 0.636. The molecule has 0 aromatic rings. The van der Waals surface area contributed by atoms with Crippen molar-refractivity contribution in [1.29, 1.82) is 0 Å². The Bertz CT molecular complexity index is 1270. The fourth-order valence-electron chi connectivity index (χ4n) is 6.70. The van der Waals surface area contributed by atoms with Crippen LogP contribution in [-0.4, -0.2) is 46.9 Å². The van der Waals surface area contributed by atoms with E-state index in [9.17, 15) is 19.8 Å². The van der Waals surface area contributed by atoms with E-state index in [2.05, 4.69) is 123 Å². The van der Waals surface area contributed by atoms with Gasteiger partial charge in [-0.2, -0.15) is 0 Å². The number of unbranched alkanes of at least 4 members (excludes halogenated alkanes) is 16. The molecule has 0 spiro atoms. The summed E-state index contributed by atoms with van der Waals surface area (Å²) in [5, 5.41) is 23.6. The molecule has 0 radical (unpaired) electrons. The molecule has 0 saturated carbocycles. The van der Waals surface area contributed by atoms with Gasteiger partial charge in [-0.1, -0.05) is 220 Å². The van der Waals surface area contributed by atoms with E-state index in [1.807, 2.05) is 12.2 Å². The molecule has 1 amide bonds. The van der Waals surface area contributed by atoms with E-state index in [4.69, 9.17) is 4.74 Å². The molecule has 0 saturated heterocycles. The van der Waals surface area contributed by atoms with Crippen LogP contribution < -0.4 is 5.32 Å². The zero-order chi connectivity index (χ0) is 44.5. The highest BCUT2D eigenvalue weighted by Gasteiger charge is 2.23. The van der Waals surface area contributed by atoms with Gasteiger partial charge in [-0.25, -0.2) is 0 Å². The van der Waals surface area contributed by atoms with Gasteiger partial charge in [0.1, 0.15) is 6.10 Å². The molecule has 0 aromatic heterocycles. The van der Waals surface area contributed by atoms with Gasteiger partial charge in [0.2, 0.25) is 5.91 Å². The van der Waals surface area contributed by atoms with E-state index in [0.717, 1.165) is 96.3 Å². The van der Waals surface area contributed by atoms with E-state index >= 15 is 0 Å². The summed E-state index contributed by atoms with van der Waals surface area (Å²) in [6.07, 6.45) is 64.5. The first kappa shape index (κ1) is 57.5. The third kappa shape index (κ3) is 43.0. The summed E-state index contributed by atoms with van der Waals surface area (Å²) in [5.41, 5.74) is 0. The minimum Gasteiger partial charge on any atom is -0.461 e. The maximum Gasteiger partial charge on any atom is 0.306 e. The molecule has 0 aliphatic rings. The normalized spacial score (nSPS) is 14.2. The summed E-state index contributed by atoms with van der Waals surface area (Å²) in [5.74, 6) is -0.619. The van der Waals surface area contributed by atoms with Gasteiger partial charge in [0.05, 0.1) is 25.2 Å². The van der Waals surface area contributed by atoms with Crippen molar-refractivity contribution in [3.63, 3.8) is 0 Å². The summed E-state index contributed by atoms with van der Waals surface area (Å²) in [6, 6.07) is -0.743. The van der Waals surface area contributed by atoms with Crippen LogP contribution in [0.15, 0.2) is 109 Å². The zero-order valence-corrected chi connectivity index (χ0v) is 39.2. The highest BCUT2D eigenvalue weighted by atomic mass is 16.5. The van der Waals surface area contributed by atoms with Gasteiger partial charge in [0.15, 0.2) is 0 Å². The Kier molecular flexibility index (Phi) is 44.9. The summed E-state index contributed by atoms with van der Waals surface area (Å²) < 4.78 is 5.85. The standard InChI is InChI=1S/C55H91NO5/c1-4-7-10-13-16-19-21-23-25-26-27-29-31-33-36-39-42-45-48-55(60)61-51(46-43-40-37-35-32-30-28-24-22-20-17-14-11-8-5-2)49-54(59)56-52(50-57)53(58)47-44-41-38-34-18-15-12-9-6-3/h8,11,16-17,19-21,23-29,32,35,40,43,51-53,57-58H,4-7,9-10,12-15,18,22,30-31,33-34,36-39,41-42,44-50H2,1-3H3,(H,56,59)/b11-8-,19-16+,20-17-,23-21+,26-25+,28-24-,29-27+,35-32-,43-40-. The minimum atomic E-state index is -0.821. The van der Waals surface area contributed by atoms with Crippen LogP contribution >= 0.6 is 0 Å². The predicted octanol–water partition coefficient (Wildman–Crippen LogP) is 14.7. The fourth-order valence-corrected chi connectivity index (χ4v) is 6.70. The molecule has 346 valence electrons. The Morgan fingerprint density at radius 1 is 0.525 bits per heavy atom. The SMILES string of the molecule is CC/C=C\C/C=C\C/C=C\C/C=C\C/C=C\CC(CC(=O)NC(CO)C(O)CCCCCCCCCCC)OC(=O)CCCCCCC/C=C/C=C/C=C/C=C/CCCCC. The van der Waals surface area contributed by atoms with E-state index in [1.165, 1.54) is 57.8 Å². The number of carbonyl (C=O) groups is 2. The van der Waals surface area contributed by atoms with Crippen LogP contribution in [0.5, 0.6) is 0 Å². The Balaban J connectivity index is 4.80. The number of nitrogens with one attached hydrogen (secondary N) is 1. The van der Waals surface area contributed by atoms with Crippen molar-refractivity contribution in [2.45, 2.75) is 219 Å². The lowest BCUT2D eigenvalue weighted by Crippen LogP contribution is -2.46. The summed E-state index contributed by atoms with van der Waals surface area (Å²) >= 11 is 0. The van der Waals surface area contributed by atoms with Crippen LogP contribution in [0.1, 0.15) is 201 Å². The van der Waals surface area contributed by atoms with E-state index in [1.54, 1.807) is 0 Å². The van der Waals surface area contributed by atoms with Crippen LogP contribution in [-0.2, 0) is 14.3 Å². The molecule has 0 heterocycles.